The number of hydrogen-bond acceptors (Lipinski definition) is 4. The average Bonchev–Trinajstić information content (AvgIpc) is 3.09. The van der Waals surface area contributed by atoms with Gasteiger partial charge in [-0.25, -0.2) is 0 Å². The molecule has 268 valence electrons. The number of halogens is 2. The first-order chi connectivity index (χ1) is 24.4. The lowest BCUT2D eigenvalue weighted by molar-refractivity contribution is 0.297. The van der Waals surface area contributed by atoms with Gasteiger partial charge in [0.05, 0.1) is 26.4 Å². The SMILES string of the molecule is CCCCOc1c2cccc1Cc1cc(Br)cc(c1OCCCC)Cc1cccc(c1OCCCC)Cc1cc(Br)cc(c1OCCCC)C2. The van der Waals surface area contributed by atoms with E-state index in [1.165, 1.54) is 22.3 Å². The van der Waals surface area contributed by atoms with Crippen molar-refractivity contribution < 1.29 is 18.9 Å². The van der Waals surface area contributed by atoms with Crippen molar-refractivity contribution in [3.8, 4) is 23.0 Å². The van der Waals surface area contributed by atoms with Crippen molar-refractivity contribution >= 4 is 31.9 Å². The van der Waals surface area contributed by atoms with Crippen molar-refractivity contribution in [1.82, 2.24) is 0 Å². The first-order valence-corrected chi connectivity index (χ1v) is 20.4. The number of fused-ring (bicyclic) bond motifs is 8. The Morgan fingerprint density at radius 1 is 0.400 bits per heavy atom. The summed E-state index contributed by atoms with van der Waals surface area (Å²) in [5.41, 5.74) is 9.32. The maximum absolute atomic E-state index is 6.72. The van der Waals surface area contributed by atoms with Gasteiger partial charge in [-0.2, -0.15) is 0 Å². The third kappa shape index (κ3) is 10.1. The third-order valence-corrected chi connectivity index (χ3v) is 10.2. The molecule has 0 aliphatic heterocycles. The molecule has 4 aromatic carbocycles. The first kappa shape index (κ1) is 38.3. The fourth-order valence-corrected chi connectivity index (χ4v) is 7.72. The highest BCUT2D eigenvalue weighted by molar-refractivity contribution is 9.10. The predicted molar refractivity (Wildman–Crippen MR) is 214 cm³/mol. The Hall–Kier alpha value is -2.96. The molecule has 8 bridgehead atoms. The van der Waals surface area contributed by atoms with Crippen LogP contribution in [0.5, 0.6) is 23.0 Å². The highest BCUT2D eigenvalue weighted by Gasteiger charge is 2.23. The maximum Gasteiger partial charge on any atom is 0.126 e. The molecule has 0 spiro atoms. The third-order valence-electron chi connectivity index (χ3n) is 9.27. The van der Waals surface area contributed by atoms with Crippen molar-refractivity contribution in [3.05, 3.63) is 114 Å². The van der Waals surface area contributed by atoms with Crippen molar-refractivity contribution in [2.45, 2.75) is 105 Å². The molecule has 4 nitrogen and oxygen atoms in total. The smallest absolute Gasteiger partial charge is 0.126 e. The molecular weight excluding hydrogens is 752 g/mol. The normalized spacial score (nSPS) is 12.4. The number of para-hydroxylation sites is 2. The van der Waals surface area contributed by atoms with Crippen LogP contribution in [0.2, 0.25) is 0 Å². The summed E-state index contributed by atoms with van der Waals surface area (Å²) in [6.45, 7) is 11.6. The summed E-state index contributed by atoms with van der Waals surface area (Å²) >= 11 is 7.77. The molecule has 6 heteroatoms. The molecule has 0 amide bonds. The van der Waals surface area contributed by atoms with Crippen LogP contribution in [0.1, 0.15) is 124 Å². The number of unbranched alkanes of at least 4 members (excludes halogenated alkanes) is 4. The fourth-order valence-electron chi connectivity index (χ4n) is 6.62. The highest BCUT2D eigenvalue weighted by Crippen LogP contribution is 2.41. The molecule has 0 saturated heterocycles. The minimum absolute atomic E-state index is 0.683. The highest BCUT2D eigenvalue weighted by atomic mass is 79.9. The Kier molecular flexibility index (Phi) is 15.0. The molecule has 5 rings (SSSR count). The van der Waals surface area contributed by atoms with Crippen LogP contribution in [0.3, 0.4) is 0 Å². The van der Waals surface area contributed by atoms with Gasteiger partial charge in [0, 0.05) is 56.9 Å². The summed E-state index contributed by atoms with van der Waals surface area (Å²) < 4.78 is 29.0. The second kappa shape index (κ2) is 19.6. The van der Waals surface area contributed by atoms with Crippen LogP contribution in [0.15, 0.2) is 69.6 Å². The lowest BCUT2D eigenvalue weighted by Gasteiger charge is -2.23. The number of hydrogen-bond donors (Lipinski definition) is 0. The Labute approximate surface area is 317 Å². The van der Waals surface area contributed by atoms with E-state index in [-0.39, 0.29) is 0 Å². The van der Waals surface area contributed by atoms with Crippen molar-refractivity contribution in [3.63, 3.8) is 0 Å². The molecule has 4 aromatic rings. The average molecular weight is 807 g/mol. The minimum atomic E-state index is 0.683. The predicted octanol–water partition coefficient (Wildman–Crippen LogP) is 12.6. The monoisotopic (exact) mass is 804 g/mol. The van der Waals surface area contributed by atoms with Gasteiger partial charge in [-0.05, 0) is 72.2 Å². The Balaban J connectivity index is 1.76. The largest absolute Gasteiger partial charge is 0.493 e. The van der Waals surface area contributed by atoms with Gasteiger partial charge < -0.3 is 18.9 Å². The summed E-state index contributed by atoms with van der Waals surface area (Å²) in [7, 11) is 0. The van der Waals surface area contributed by atoms with Crippen LogP contribution in [0.25, 0.3) is 0 Å². The zero-order valence-electron chi connectivity index (χ0n) is 30.5. The molecule has 0 N–H and O–H groups in total. The zero-order chi connectivity index (χ0) is 35.3. The topological polar surface area (TPSA) is 36.9 Å². The van der Waals surface area contributed by atoms with Gasteiger partial charge in [0.2, 0.25) is 0 Å². The molecule has 0 fully saturated rings. The Bertz CT molecular complexity index is 1480. The molecule has 0 aromatic heterocycles. The van der Waals surface area contributed by atoms with Gasteiger partial charge in [0.1, 0.15) is 23.0 Å². The van der Waals surface area contributed by atoms with E-state index in [2.05, 4.69) is 120 Å². The van der Waals surface area contributed by atoms with Crippen LogP contribution < -0.4 is 18.9 Å². The summed E-state index contributed by atoms with van der Waals surface area (Å²) in [5, 5.41) is 0. The molecule has 0 radical (unpaired) electrons. The van der Waals surface area contributed by atoms with E-state index >= 15 is 0 Å². The molecule has 0 saturated carbocycles. The first-order valence-electron chi connectivity index (χ1n) is 18.8. The van der Waals surface area contributed by atoms with E-state index in [0.717, 1.165) is 106 Å². The van der Waals surface area contributed by atoms with E-state index in [1.807, 2.05) is 0 Å². The summed E-state index contributed by atoms with van der Waals surface area (Å²) in [4.78, 5) is 0. The quantitative estimate of drug-likeness (QED) is 0.0931. The standard InChI is InChI=1S/C44H54Br2O4/c1-5-9-19-47-41-31-15-13-16-32(41)24-36-28-40(46)30-38(44(36)50-22-12-8-4)26-34-18-14-17-33(42(34)48-20-10-6-2)25-37-29-39(45)27-35(23-31)43(37)49-21-11-7-3/h13-18,27-30H,5-12,19-26H2,1-4H3. The number of ether oxygens (including phenoxy) is 4. The molecule has 1 aliphatic carbocycles. The molecular formula is C44H54Br2O4. The van der Waals surface area contributed by atoms with Gasteiger partial charge >= 0.3 is 0 Å². The molecule has 0 heterocycles. The number of rotatable bonds is 16. The van der Waals surface area contributed by atoms with E-state index in [0.29, 0.717) is 52.1 Å². The van der Waals surface area contributed by atoms with Crippen molar-refractivity contribution in [1.29, 1.82) is 0 Å². The molecule has 1 aliphatic rings. The van der Waals surface area contributed by atoms with Crippen molar-refractivity contribution in [2.24, 2.45) is 0 Å². The van der Waals surface area contributed by atoms with Gasteiger partial charge in [0.15, 0.2) is 0 Å². The molecule has 0 atom stereocenters. The summed E-state index contributed by atoms with van der Waals surface area (Å²) in [5.74, 6) is 3.91. The maximum atomic E-state index is 6.72. The second-order valence-electron chi connectivity index (χ2n) is 13.4. The van der Waals surface area contributed by atoms with Gasteiger partial charge in [-0.1, -0.05) is 122 Å². The zero-order valence-corrected chi connectivity index (χ0v) is 33.6. The van der Waals surface area contributed by atoms with E-state index in [9.17, 15) is 0 Å². The van der Waals surface area contributed by atoms with Crippen LogP contribution in [0, 0.1) is 0 Å². The lowest BCUT2D eigenvalue weighted by Crippen LogP contribution is -2.10. The van der Waals surface area contributed by atoms with E-state index in [4.69, 9.17) is 18.9 Å². The van der Waals surface area contributed by atoms with Crippen LogP contribution >= 0.6 is 31.9 Å². The van der Waals surface area contributed by atoms with Gasteiger partial charge in [-0.15, -0.1) is 0 Å². The van der Waals surface area contributed by atoms with Crippen LogP contribution in [-0.2, 0) is 25.7 Å². The van der Waals surface area contributed by atoms with E-state index in [1.54, 1.807) is 0 Å². The Morgan fingerprint density at radius 2 is 0.640 bits per heavy atom. The number of benzene rings is 4. The van der Waals surface area contributed by atoms with Crippen molar-refractivity contribution in [2.75, 3.05) is 26.4 Å². The molecule has 0 unspecified atom stereocenters. The Morgan fingerprint density at radius 3 is 0.880 bits per heavy atom. The summed E-state index contributed by atoms with van der Waals surface area (Å²) in [6.07, 6.45) is 11.2. The minimum Gasteiger partial charge on any atom is -0.493 e. The van der Waals surface area contributed by atoms with Gasteiger partial charge in [0.25, 0.3) is 0 Å². The van der Waals surface area contributed by atoms with Gasteiger partial charge in [-0.3, -0.25) is 0 Å². The van der Waals surface area contributed by atoms with Crippen LogP contribution in [0.4, 0.5) is 0 Å². The second-order valence-corrected chi connectivity index (χ2v) is 15.3. The van der Waals surface area contributed by atoms with Crippen LogP contribution in [-0.4, -0.2) is 26.4 Å². The fraction of sp³-hybridized carbons (Fsp3) is 0.455. The summed E-state index contributed by atoms with van der Waals surface area (Å²) in [6, 6.07) is 22.2. The lowest BCUT2D eigenvalue weighted by atomic mass is 9.91. The molecule has 50 heavy (non-hydrogen) atoms. The van der Waals surface area contributed by atoms with E-state index < -0.39 is 0 Å².